The van der Waals surface area contributed by atoms with E-state index in [4.69, 9.17) is 4.42 Å². The van der Waals surface area contributed by atoms with Crippen LogP contribution in [0.15, 0.2) is 21.2 Å². The molecule has 2 nitrogen and oxygen atoms in total. The molecule has 1 fully saturated rings. The van der Waals surface area contributed by atoms with E-state index in [1.807, 2.05) is 6.07 Å². The van der Waals surface area contributed by atoms with Gasteiger partial charge in [-0.3, -0.25) is 0 Å². The second-order valence-electron chi connectivity index (χ2n) is 5.27. The Morgan fingerprint density at radius 2 is 1.94 bits per heavy atom. The second-order valence-corrected chi connectivity index (χ2v) is 6.13. The van der Waals surface area contributed by atoms with Gasteiger partial charge >= 0.3 is 0 Å². The summed E-state index contributed by atoms with van der Waals surface area (Å²) in [6, 6.07) is 2.38. The highest BCUT2D eigenvalue weighted by Gasteiger charge is 2.26. The molecule has 1 aromatic rings. The molecule has 102 valence electrons. The fraction of sp³-hybridized carbons (Fsp3) is 0.733. The molecule has 0 radical (unpaired) electrons. The molecule has 0 saturated heterocycles. The van der Waals surface area contributed by atoms with Crippen LogP contribution in [-0.2, 0) is 0 Å². The third-order valence-electron chi connectivity index (χ3n) is 3.97. The van der Waals surface area contributed by atoms with E-state index in [0.717, 1.165) is 16.8 Å². The smallest absolute Gasteiger partial charge is 0.135 e. The first-order chi connectivity index (χ1) is 8.83. The predicted molar refractivity (Wildman–Crippen MR) is 78.6 cm³/mol. The Morgan fingerprint density at radius 3 is 2.50 bits per heavy atom. The van der Waals surface area contributed by atoms with Gasteiger partial charge in [-0.15, -0.1) is 0 Å². The van der Waals surface area contributed by atoms with Crippen molar-refractivity contribution >= 4 is 15.9 Å². The van der Waals surface area contributed by atoms with Crippen molar-refractivity contribution in [3.05, 3.63) is 22.6 Å². The summed E-state index contributed by atoms with van der Waals surface area (Å²) in [6.07, 6.45) is 11.4. The first-order valence-electron chi connectivity index (χ1n) is 7.29. The third kappa shape index (κ3) is 3.61. The normalized spacial score (nSPS) is 20.3. The van der Waals surface area contributed by atoms with Crippen molar-refractivity contribution in [2.24, 2.45) is 5.92 Å². The van der Waals surface area contributed by atoms with Crippen LogP contribution in [0.1, 0.15) is 63.7 Å². The summed E-state index contributed by atoms with van der Waals surface area (Å²) in [5.74, 6) is 1.80. The van der Waals surface area contributed by atoms with Crippen LogP contribution in [0.3, 0.4) is 0 Å². The maximum Gasteiger partial charge on any atom is 0.135 e. The minimum absolute atomic E-state index is 0.373. The Bertz CT molecular complexity index is 342. The molecular formula is C15H24BrNO. The van der Waals surface area contributed by atoms with Crippen molar-refractivity contribution in [3.63, 3.8) is 0 Å². The van der Waals surface area contributed by atoms with E-state index in [1.54, 1.807) is 6.26 Å². The first kappa shape index (κ1) is 14.1. The summed E-state index contributed by atoms with van der Waals surface area (Å²) < 4.78 is 6.80. The van der Waals surface area contributed by atoms with Crippen molar-refractivity contribution < 1.29 is 4.42 Å². The fourth-order valence-corrected chi connectivity index (χ4v) is 3.49. The predicted octanol–water partition coefficient (Wildman–Crippen LogP) is 5.05. The second kappa shape index (κ2) is 7.34. The Labute approximate surface area is 119 Å². The first-order valence-corrected chi connectivity index (χ1v) is 8.08. The van der Waals surface area contributed by atoms with Crippen LogP contribution in [0.25, 0.3) is 0 Å². The van der Waals surface area contributed by atoms with Gasteiger partial charge in [0.25, 0.3) is 0 Å². The topological polar surface area (TPSA) is 25.2 Å². The standard InChI is InChI=1S/C15H24BrNO/c1-2-17-14(15-13(16)10-11-18-15)12-8-6-4-3-5-7-9-12/h10-12,14,17H,2-9H2,1H3. The van der Waals surface area contributed by atoms with Crippen LogP contribution < -0.4 is 5.32 Å². The van der Waals surface area contributed by atoms with Crippen LogP contribution in [0, 0.1) is 5.92 Å². The Hall–Kier alpha value is -0.280. The summed E-state index contributed by atoms with van der Waals surface area (Å²) in [5, 5.41) is 3.62. The molecule has 1 saturated carbocycles. The quantitative estimate of drug-likeness (QED) is 0.841. The molecule has 0 bridgehead atoms. The van der Waals surface area contributed by atoms with Crippen molar-refractivity contribution in [3.8, 4) is 0 Å². The summed E-state index contributed by atoms with van der Waals surface area (Å²) in [5.41, 5.74) is 0. The summed E-state index contributed by atoms with van der Waals surface area (Å²) >= 11 is 3.60. The molecule has 1 heterocycles. The largest absolute Gasteiger partial charge is 0.466 e. The zero-order valence-electron chi connectivity index (χ0n) is 11.3. The molecule has 0 aromatic carbocycles. The van der Waals surface area contributed by atoms with E-state index in [2.05, 4.69) is 28.2 Å². The zero-order chi connectivity index (χ0) is 12.8. The zero-order valence-corrected chi connectivity index (χ0v) is 12.8. The van der Waals surface area contributed by atoms with Gasteiger partial charge in [-0.1, -0.05) is 39.0 Å². The lowest BCUT2D eigenvalue weighted by molar-refractivity contribution is 0.260. The van der Waals surface area contributed by atoms with Gasteiger partial charge in [-0.2, -0.15) is 0 Å². The van der Waals surface area contributed by atoms with Crippen LogP contribution in [0.4, 0.5) is 0 Å². The Balaban J connectivity index is 2.10. The minimum Gasteiger partial charge on any atom is -0.466 e. The number of halogens is 1. The third-order valence-corrected chi connectivity index (χ3v) is 4.63. The fourth-order valence-electron chi connectivity index (χ4n) is 3.04. The van der Waals surface area contributed by atoms with Gasteiger partial charge in [-0.25, -0.2) is 0 Å². The highest BCUT2D eigenvalue weighted by Crippen LogP contribution is 2.36. The van der Waals surface area contributed by atoms with Gasteiger partial charge < -0.3 is 9.73 Å². The van der Waals surface area contributed by atoms with E-state index in [9.17, 15) is 0 Å². The molecule has 0 amide bonds. The Kier molecular flexibility index (Phi) is 5.77. The molecule has 1 N–H and O–H groups in total. The number of hydrogen-bond acceptors (Lipinski definition) is 2. The lowest BCUT2D eigenvalue weighted by Crippen LogP contribution is -2.28. The molecule has 1 aliphatic rings. The van der Waals surface area contributed by atoms with Crippen molar-refractivity contribution in [2.75, 3.05) is 6.54 Å². The molecule has 0 aliphatic heterocycles. The van der Waals surface area contributed by atoms with Crippen LogP contribution in [0.2, 0.25) is 0 Å². The van der Waals surface area contributed by atoms with Crippen molar-refractivity contribution in [1.29, 1.82) is 0 Å². The van der Waals surface area contributed by atoms with Gasteiger partial charge in [0.15, 0.2) is 0 Å². The molecular weight excluding hydrogens is 290 g/mol. The average Bonchev–Trinajstić information content (AvgIpc) is 2.73. The number of hydrogen-bond donors (Lipinski definition) is 1. The van der Waals surface area contributed by atoms with E-state index in [0.29, 0.717) is 12.0 Å². The summed E-state index contributed by atoms with van der Waals surface area (Å²) in [7, 11) is 0. The molecule has 1 aromatic heterocycles. The van der Waals surface area contributed by atoms with Crippen LogP contribution >= 0.6 is 15.9 Å². The molecule has 1 unspecified atom stereocenters. The van der Waals surface area contributed by atoms with E-state index >= 15 is 0 Å². The van der Waals surface area contributed by atoms with Gasteiger partial charge in [0.05, 0.1) is 16.8 Å². The van der Waals surface area contributed by atoms with Gasteiger partial charge in [-0.05, 0) is 47.3 Å². The Morgan fingerprint density at radius 1 is 1.28 bits per heavy atom. The maximum absolute atomic E-state index is 5.69. The minimum atomic E-state index is 0.373. The SMILES string of the molecule is CCNC(c1occc1Br)C1CCCCCCC1. The van der Waals surface area contributed by atoms with Crippen molar-refractivity contribution in [1.82, 2.24) is 5.32 Å². The molecule has 0 spiro atoms. The molecule has 1 aliphatic carbocycles. The van der Waals surface area contributed by atoms with E-state index in [1.165, 1.54) is 44.9 Å². The van der Waals surface area contributed by atoms with Gasteiger partial charge in [0.1, 0.15) is 5.76 Å². The van der Waals surface area contributed by atoms with Crippen LogP contribution in [0.5, 0.6) is 0 Å². The van der Waals surface area contributed by atoms with E-state index in [-0.39, 0.29) is 0 Å². The average molecular weight is 314 g/mol. The van der Waals surface area contributed by atoms with Gasteiger partial charge in [0.2, 0.25) is 0 Å². The molecule has 18 heavy (non-hydrogen) atoms. The lowest BCUT2D eigenvalue weighted by atomic mass is 9.85. The van der Waals surface area contributed by atoms with Gasteiger partial charge in [0, 0.05) is 0 Å². The number of furan rings is 1. The van der Waals surface area contributed by atoms with Crippen LogP contribution in [-0.4, -0.2) is 6.54 Å². The highest BCUT2D eigenvalue weighted by molar-refractivity contribution is 9.10. The maximum atomic E-state index is 5.69. The monoisotopic (exact) mass is 313 g/mol. The molecule has 3 heteroatoms. The lowest BCUT2D eigenvalue weighted by Gasteiger charge is -2.28. The molecule has 1 atom stereocenters. The summed E-state index contributed by atoms with van der Waals surface area (Å²) in [6.45, 7) is 3.17. The van der Waals surface area contributed by atoms with E-state index < -0.39 is 0 Å². The highest BCUT2D eigenvalue weighted by atomic mass is 79.9. The molecule has 2 rings (SSSR count). The summed E-state index contributed by atoms with van der Waals surface area (Å²) in [4.78, 5) is 0. The number of nitrogens with one attached hydrogen (secondary N) is 1. The van der Waals surface area contributed by atoms with Crippen molar-refractivity contribution in [2.45, 2.75) is 57.9 Å². The number of rotatable bonds is 4.